The van der Waals surface area contributed by atoms with Crippen molar-refractivity contribution in [3.05, 3.63) is 18.2 Å². The van der Waals surface area contributed by atoms with E-state index in [0.717, 1.165) is 31.6 Å². The van der Waals surface area contributed by atoms with Crippen molar-refractivity contribution in [3.8, 4) is 0 Å². The largest absolute Gasteiger partial charge is 0.341 e. The van der Waals surface area contributed by atoms with Gasteiger partial charge in [0.2, 0.25) is 15.9 Å². The highest BCUT2D eigenvalue weighted by atomic mass is 32.2. The topological polar surface area (TPSA) is 142 Å². The molecular formula is C22H30N4O6S2. The average molecular weight is 511 g/mol. The molecule has 0 saturated carbocycles. The Labute approximate surface area is 200 Å². The Morgan fingerprint density at radius 2 is 2.00 bits per heavy atom. The molecule has 3 unspecified atom stereocenters. The molecule has 4 rings (SSSR count). The molecule has 2 saturated heterocycles. The summed E-state index contributed by atoms with van der Waals surface area (Å²) in [6.45, 7) is 6.57. The molecule has 2 fully saturated rings. The molecule has 3 atom stereocenters. The molecule has 0 aliphatic carbocycles. The summed E-state index contributed by atoms with van der Waals surface area (Å²) in [4.78, 5) is 28.7. The zero-order valence-electron chi connectivity index (χ0n) is 19.7. The van der Waals surface area contributed by atoms with Crippen LogP contribution in [0.4, 0.5) is 11.4 Å². The van der Waals surface area contributed by atoms with Crippen molar-refractivity contribution in [2.24, 2.45) is 21.6 Å². The van der Waals surface area contributed by atoms with Gasteiger partial charge < -0.3 is 10.2 Å². The van der Waals surface area contributed by atoms with Gasteiger partial charge in [-0.15, -0.1) is 4.40 Å². The van der Waals surface area contributed by atoms with Gasteiger partial charge in [-0.25, -0.2) is 8.42 Å². The summed E-state index contributed by atoms with van der Waals surface area (Å²) in [6.07, 6.45) is 3.91. The molecule has 2 N–H and O–H groups in total. The lowest BCUT2D eigenvalue weighted by atomic mass is 9.66. The lowest BCUT2D eigenvalue weighted by Crippen LogP contribution is -2.62. The third-order valence-corrected chi connectivity index (χ3v) is 8.84. The maximum Gasteiger partial charge on any atom is 0.286 e. The number of carbonyl (C=O) groups excluding carboxylic acids is 2. The minimum absolute atomic E-state index is 0.0660. The number of rotatable bonds is 6. The second-order valence-corrected chi connectivity index (χ2v) is 13.3. The first-order valence-electron chi connectivity index (χ1n) is 11.3. The monoisotopic (exact) mass is 510 g/mol. The Morgan fingerprint density at radius 3 is 2.65 bits per heavy atom. The highest BCUT2D eigenvalue weighted by molar-refractivity contribution is 7.92. The first-order chi connectivity index (χ1) is 15.7. The molecule has 3 aliphatic rings. The minimum atomic E-state index is -4.28. The zero-order valence-corrected chi connectivity index (χ0v) is 21.3. The Bertz CT molecular complexity index is 1290. The van der Waals surface area contributed by atoms with Crippen LogP contribution in [-0.4, -0.2) is 58.1 Å². The second kappa shape index (κ2) is 8.33. The number of nitrogens with zero attached hydrogens (tertiary/aromatic N) is 2. The van der Waals surface area contributed by atoms with Crippen molar-refractivity contribution < 1.29 is 26.4 Å². The maximum atomic E-state index is 13.8. The number of sulfonamides is 2. The summed E-state index contributed by atoms with van der Waals surface area (Å²) in [5, 5.41) is 2.88. The van der Waals surface area contributed by atoms with Crippen LogP contribution in [0.2, 0.25) is 0 Å². The average Bonchev–Trinajstić information content (AvgIpc) is 3.21. The van der Waals surface area contributed by atoms with E-state index in [9.17, 15) is 26.4 Å². The fourth-order valence-corrected chi connectivity index (χ4v) is 6.90. The van der Waals surface area contributed by atoms with Crippen molar-refractivity contribution in [2.45, 2.75) is 57.4 Å². The SMILES string of the molecule is CC(C)CCC1(C)C(=O)C(C2=NS(=O)(=O)c3cc(NS(C)(=O)=O)ccc3N2)C(=O)N2CCCC21. The smallest absolute Gasteiger partial charge is 0.286 e. The standard InChI is InChI=1S/C22H30N4O6S2/c1-13(2)9-10-22(3)17-6-5-11-26(17)21(28)18(19(22)27)20-23-15-8-7-14(24-33(4,29)30)12-16(15)34(31,32)25-20/h7-8,12-13,17-18,24H,5-6,9-11H2,1-4H3,(H,23,25). The zero-order chi connectivity index (χ0) is 25.1. The predicted molar refractivity (Wildman–Crippen MR) is 129 cm³/mol. The number of carbonyl (C=O) groups is 2. The number of piperidine rings is 1. The summed E-state index contributed by atoms with van der Waals surface area (Å²) in [5.41, 5.74) is -0.593. The predicted octanol–water partition coefficient (Wildman–Crippen LogP) is 2.20. The highest BCUT2D eigenvalue weighted by Gasteiger charge is 2.58. The first-order valence-corrected chi connectivity index (χ1v) is 14.6. The van der Waals surface area contributed by atoms with Crippen LogP contribution in [0.15, 0.2) is 27.5 Å². The first kappa shape index (κ1) is 24.6. The normalized spacial score (nSPS) is 28.3. The van der Waals surface area contributed by atoms with Gasteiger partial charge in [0.15, 0.2) is 11.7 Å². The molecule has 1 aromatic carbocycles. The summed E-state index contributed by atoms with van der Waals surface area (Å²) in [6, 6.07) is 3.76. The van der Waals surface area contributed by atoms with E-state index in [0.29, 0.717) is 18.9 Å². The number of amides is 1. The van der Waals surface area contributed by atoms with Gasteiger partial charge in [0.1, 0.15) is 10.7 Å². The number of hydrogen-bond donors (Lipinski definition) is 2. The van der Waals surface area contributed by atoms with Crippen LogP contribution in [0.25, 0.3) is 0 Å². The number of amidine groups is 1. The third kappa shape index (κ3) is 4.33. The van der Waals surface area contributed by atoms with Crippen molar-refractivity contribution in [2.75, 3.05) is 22.8 Å². The number of hydrogen-bond acceptors (Lipinski definition) is 7. The van der Waals surface area contributed by atoms with Crippen LogP contribution >= 0.6 is 0 Å². The molecule has 1 amide bonds. The van der Waals surface area contributed by atoms with E-state index in [4.69, 9.17) is 0 Å². The molecule has 3 aliphatic heterocycles. The van der Waals surface area contributed by atoms with Crippen molar-refractivity contribution in [1.29, 1.82) is 0 Å². The van der Waals surface area contributed by atoms with Crippen LogP contribution < -0.4 is 10.0 Å². The number of fused-ring (bicyclic) bond motifs is 2. The van der Waals surface area contributed by atoms with Crippen LogP contribution in [-0.2, 0) is 29.6 Å². The van der Waals surface area contributed by atoms with Crippen LogP contribution in [0, 0.1) is 17.3 Å². The van der Waals surface area contributed by atoms with Crippen molar-refractivity contribution >= 4 is 48.9 Å². The Hall–Kier alpha value is -2.47. The summed E-state index contributed by atoms with van der Waals surface area (Å²) in [7, 11) is -7.90. The molecule has 0 spiro atoms. The van der Waals surface area contributed by atoms with E-state index in [-0.39, 0.29) is 33.9 Å². The summed E-state index contributed by atoms with van der Waals surface area (Å²) >= 11 is 0. The van der Waals surface area contributed by atoms with Gasteiger partial charge in [0.05, 0.1) is 11.9 Å². The lowest BCUT2D eigenvalue weighted by Gasteiger charge is -2.47. The van der Waals surface area contributed by atoms with Crippen molar-refractivity contribution in [1.82, 2.24) is 4.90 Å². The molecule has 34 heavy (non-hydrogen) atoms. The molecule has 12 heteroatoms. The molecule has 1 aromatic rings. The van der Waals surface area contributed by atoms with E-state index in [2.05, 4.69) is 28.3 Å². The molecule has 0 aromatic heterocycles. The van der Waals surface area contributed by atoms with E-state index >= 15 is 0 Å². The fourth-order valence-electron chi connectivity index (χ4n) is 5.17. The van der Waals surface area contributed by atoms with Crippen molar-refractivity contribution in [3.63, 3.8) is 0 Å². The number of nitrogens with one attached hydrogen (secondary N) is 2. The minimum Gasteiger partial charge on any atom is -0.341 e. The molecule has 3 heterocycles. The molecular weight excluding hydrogens is 480 g/mol. The van der Waals surface area contributed by atoms with Gasteiger partial charge in [0.25, 0.3) is 10.0 Å². The quantitative estimate of drug-likeness (QED) is 0.559. The molecule has 186 valence electrons. The van der Waals surface area contributed by atoms with Gasteiger partial charge in [0, 0.05) is 23.7 Å². The summed E-state index contributed by atoms with van der Waals surface area (Å²) < 4.78 is 55.1. The summed E-state index contributed by atoms with van der Waals surface area (Å²) in [5.74, 6) is -1.88. The van der Waals surface area contributed by atoms with Crippen LogP contribution in [0.3, 0.4) is 0 Å². The van der Waals surface area contributed by atoms with E-state index < -0.39 is 37.3 Å². The third-order valence-electron chi connectivity index (χ3n) is 6.90. The number of benzene rings is 1. The maximum absolute atomic E-state index is 13.8. The van der Waals surface area contributed by atoms with E-state index in [1.54, 1.807) is 4.90 Å². The van der Waals surface area contributed by atoms with Crippen LogP contribution in [0.5, 0.6) is 0 Å². The fraction of sp³-hybridized carbons (Fsp3) is 0.591. The molecule has 10 nitrogen and oxygen atoms in total. The van der Waals surface area contributed by atoms with E-state index in [1.165, 1.54) is 12.1 Å². The Morgan fingerprint density at radius 1 is 1.29 bits per heavy atom. The number of ketones is 1. The Balaban J connectivity index is 1.73. The van der Waals surface area contributed by atoms with Gasteiger partial charge in [-0.05, 0) is 49.8 Å². The Kier molecular flexibility index (Phi) is 6.04. The van der Waals surface area contributed by atoms with Gasteiger partial charge >= 0.3 is 0 Å². The molecule has 0 radical (unpaired) electrons. The molecule has 0 bridgehead atoms. The van der Waals surface area contributed by atoms with Gasteiger partial charge in [-0.3, -0.25) is 14.3 Å². The second-order valence-electron chi connectivity index (χ2n) is 10.00. The number of Topliss-reactive ketones (excluding diaryl/α,β-unsaturated/α-hetero) is 1. The lowest BCUT2D eigenvalue weighted by molar-refractivity contribution is -0.154. The highest BCUT2D eigenvalue weighted by Crippen LogP contribution is 2.46. The number of anilines is 2. The van der Waals surface area contributed by atoms with Gasteiger partial charge in [-0.2, -0.15) is 8.42 Å². The van der Waals surface area contributed by atoms with E-state index in [1.807, 2.05) is 6.92 Å². The van der Waals surface area contributed by atoms with Gasteiger partial charge in [-0.1, -0.05) is 20.8 Å². The van der Waals surface area contributed by atoms with Crippen LogP contribution in [0.1, 0.15) is 46.5 Å².